The second-order valence-corrected chi connectivity index (χ2v) is 8.69. The first-order valence-corrected chi connectivity index (χ1v) is 8.47. The molecule has 20 heavy (non-hydrogen) atoms. The van der Waals surface area contributed by atoms with Crippen LogP contribution in [-0.2, 0) is 0 Å². The van der Waals surface area contributed by atoms with Gasteiger partial charge in [0, 0.05) is 31.2 Å². The molecule has 1 atom stereocenters. The number of nitrogens with zero attached hydrogens (tertiary/aromatic N) is 2. The van der Waals surface area contributed by atoms with Gasteiger partial charge in [0.05, 0.1) is 0 Å². The lowest BCUT2D eigenvalue weighted by atomic mass is 9.91. The Bertz CT molecular complexity index is 300. The molecule has 3 heteroatoms. The molecule has 0 bridgehead atoms. The zero-order valence-corrected chi connectivity index (χ0v) is 14.3. The quantitative estimate of drug-likeness (QED) is 0.835. The van der Waals surface area contributed by atoms with Crippen LogP contribution in [0.15, 0.2) is 0 Å². The lowest BCUT2D eigenvalue weighted by Gasteiger charge is -2.34. The van der Waals surface area contributed by atoms with Crippen molar-refractivity contribution in [1.82, 2.24) is 15.1 Å². The van der Waals surface area contributed by atoms with E-state index in [0.717, 1.165) is 12.6 Å². The molecule has 0 aromatic rings. The Morgan fingerprint density at radius 3 is 2.25 bits per heavy atom. The molecule has 1 N–H and O–H groups in total. The molecule has 0 saturated carbocycles. The Morgan fingerprint density at radius 2 is 1.65 bits per heavy atom. The van der Waals surface area contributed by atoms with Gasteiger partial charge >= 0.3 is 0 Å². The molecule has 0 spiro atoms. The summed E-state index contributed by atoms with van der Waals surface area (Å²) in [6.07, 6.45) is 4.21. The fourth-order valence-electron chi connectivity index (χ4n) is 3.53. The van der Waals surface area contributed by atoms with Gasteiger partial charge in [0.15, 0.2) is 0 Å². The summed E-state index contributed by atoms with van der Waals surface area (Å²) in [6, 6.07) is 0.837. The van der Waals surface area contributed by atoms with Crippen molar-refractivity contribution in [3.8, 4) is 0 Å². The van der Waals surface area contributed by atoms with Gasteiger partial charge in [-0.05, 0) is 65.1 Å². The lowest BCUT2D eigenvalue weighted by molar-refractivity contribution is 0.173. The summed E-state index contributed by atoms with van der Waals surface area (Å²) in [5.74, 6) is 0. The Labute approximate surface area is 126 Å². The highest BCUT2D eigenvalue weighted by Gasteiger charge is 2.32. The van der Waals surface area contributed by atoms with Gasteiger partial charge in [0.1, 0.15) is 0 Å². The van der Waals surface area contributed by atoms with Crippen molar-refractivity contribution < 1.29 is 0 Å². The molecule has 2 aliphatic heterocycles. The maximum Gasteiger partial charge on any atom is 0.0235 e. The minimum Gasteiger partial charge on any atom is -0.311 e. The fourth-order valence-corrected chi connectivity index (χ4v) is 3.53. The van der Waals surface area contributed by atoms with Crippen molar-refractivity contribution in [3.05, 3.63) is 0 Å². The van der Waals surface area contributed by atoms with Crippen LogP contribution in [0.1, 0.15) is 53.9 Å². The molecule has 3 nitrogen and oxygen atoms in total. The molecule has 2 aliphatic rings. The first-order valence-electron chi connectivity index (χ1n) is 8.47. The smallest absolute Gasteiger partial charge is 0.0235 e. The van der Waals surface area contributed by atoms with Crippen LogP contribution in [0.3, 0.4) is 0 Å². The summed E-state index contributed by atoms with van der Waals surface area (Å²) in [4.78, 5) is 5.41. The predicted octanol–water partition coefficient (Wildman–Crippen LogP) is 2.57. The van der Waals surface area contributed by atoms with Gasteiger partial charge < -0.3 is 10.2 Å². The van der Waals surface area contributed by atoms with E-state index in [4.69, 9.17) is 0 Å². The molecule has 1 unspecified atom stereocenters. The Kier molecular flexibility index (Phi) is 5.14. The highest BCUT2D eigenvalue weighted by Crippen LogP contribution is 2.24. The molecular weight excluding hydrogens is 246 g/mol. The maximum absolute atomic E-state index is 3.67. The van der Waals surface area contributed by atoms with Crippen molar-refractivity contribution in [1.29, 1.82) is 0 Å². The van der Waals surface area contributed by atoms with E-state index in [2.05, 4.69) is 49.7 Å². The van der Waals surface area contributed by atoms with Gasteiger partial charge in [0.25, 0.3) is 0 Å². The van der Waals surface area contributed by atoms with Crippen LogP contribution >= 0.6 is 0 Å². The number of nitrogens with one attached hydrogen (secondary N) is 1. The summed E-state index contributed by atoms with van der Waals surface area (Å²) in [5.41, 5.74) is 0.577. The molecule has 118 valence electrons. The number of likely N-dealkylation sites (tertiary alicyclic amines) is 2. The van der Waals surface area contributed by atoms with E-state index < -0.39 is 0 Å². The maximum atomic E-state index is 3.67. The van der Waals surface area contributed by atoms with Crippen LogP contribution in [0.4, 0.5) is 0 Å². The lowest BCUT2D eigenvalue weighted by Crippen LogP contribution is -2.46. The minimum absolute atomic E-state index is 0.223. The molecular formula is C17H35N3. The molecule has 2 rings (SSSR count). The topological polar surface area (TPSA) is 18.5 Å². The summed E-state index contributed by atoms with van der Waals surface area (Å²) >= 11 is 0. The first-order chi connectivity index (χ1) is 9.25. The molecule has 0 amide bonds. The zero-order chi connectivity index (χ0) is 14.8. The van der Waals surface area contributed by atoms with Crippen LogP contribution < -0.4 is 5.32 Å². The van der Waals surface area contributed by atoms with E-state index in [1.807, 2.05) is 0 Å². The van der Waals surface area contributed by atoms with E-state index >= 15 is 0 Å². The van der Waals surface area contributed by atoms with Crippen molar-refractivity contribution in [3.63, 3.8) is 0 Å². The Hall–Kier alpha value is -0.120. The highest BCUT2D eigenvalue weighted by atomic mass is 15.3. The number of rotatable bonds is 5. The van der Waals surface area contributed by atoms with Gasteiger partial charge in [-0.3, -0.25) is 4.90 Å². The van der Waals surface area contributed by atoms with E-state index in [0.29, 0.717) is 5.41 Å². The second-order valence-electron chi connectivity index (χ2n) is 8.69. The Balaban J connectivity index is 1.75. The van der Waals surface area contributed by atoms with Crippen LogP contribution in [0.25, 0.3) is 0 Å². The van der Waals surface area contributed by atoms with E-state index in [1.54, 1.807) is 0 Å². The normalized spacial score (nSPS) is 26.6. The van der Waals surface area contributed by atoms with Gasteiger partial charge in [-0.1, -0.05) is 13.8 Å². The minimum atomic E-state index is 0.223. The average Bonchev–Trinajstić information content (AvgIpc) is 2.95. The summed E-state index contributed by atoms with van der Waals surface area (Å²) in [6.45, 7) is 19.1. The van der Waals surface area contributed by atoms with Crippen LogP contribution in [0.2, 0.25) is 0 Å². The fraction of sp³-hybridized carbons (Fsp3) is 1.00. The second kappa shape index (κ2) is 6.33. The molecule has 0 radical (unpaired) electrons. The average molecular weight is 281 g/mol. The molecule has 2 fully saturated rings. The van der Waals surface area contributed by atoms with E-state index in [9.17, 15) is 0 Å². The third-order valence-corrected chi connectivity index (χ3v) is 4.65. The van der Waals surface area contributed by atoms with E-state index in [1.165, 1.54) is 52.0 Å². The molecule has 0 aromatic carbocycles. The third kappa shape index (κ3) is 5.01. The van der Waals surface area contributed by atoms with Gasteiger partial charge in [0.2, 0.25) is 0 Å². The van der Waals surface area contributed by atoms with Crippen molar-refractivity contribution in [2.45, 2.75) is 65.5 Å². The first kappa shape index (κ1) is 16.3. The van der Waals surface area contributed by atoms with Crippen LogP contribution in [0.5, 0.6) is 0 Å². The SMILES string of the molecule is CC(C)(CNC(C)(C)C)CN1CCC(N2CCCC2)C1. The standard InChI is InChI=1S/C17H35N3/c1-16(2,3)18-13-17(4,5)14-19-11-8-15(12-19)20-9-6-7-10-20/h15,18H,6-14H2,1-5H3. The zero-order valence-electron chi connectivity index (χ0n) is 14.3. The van der Waals surface area contributed by atoms with Crippen molar-refractivity contribution in [2.75, 3.05) is 39.3 Å². The van der Waals surface area contributed by atoms with Gasteiger partial charge in [-0.25, -0.2) is 0 Å². The van der Waals surface area contributed by atoms with Crippen LogP contribution in [0, 0.1) is 5.41 Å². The number of hydrogen-bond acceptors (Lipinski definition) is 3. The monoisotopic (exact) mass is 281 g/mol. The summed E-state index contributed by atoms with van der Waals surface area (Å²) < 4.78 is 0. The summed E-state index contributed by atoms with van der Waals surface area (Å²) in [5, 5.41) is 3.67. The molecule has 0 aliphatic carbocycles. The highest BCUT2D eigenvalue weighted by molar-refractivity contribution is 4.89. The Morgan fingerprint density at radius 1 is 1.00 bits per heavy atom. The molecule has 2 saturated heterocycles. The molecule has 2 heterocycles. The van der Waals surface area contributed by atoms with E-state index in [-0.39, 0.29) is 5.54 Å². The van der Waals surface area contributed by atoms with Crippen molar-refractivity contribution in [2.24, 2.45) is 5.41 Å². The number of hydrogen-bond donors (Lipinski definition) is 1. The van der Waals surface area contributed by atoms with Gasteiger partial charge in [-0.15, -0.1) is 0 Å². The predicted molar refractivity (Wildman–Crippen MR) is 87.2 cm³/mol. The largest absolute Gasteiger partial charge is 0.311 e. The third-order valence-electron chi connectivity index (χ3n) is 4.65. The molecule has 0 aromatic heterocycles. The summed E-state index contributed by atoms with van der Waals surface area (Å²) in [7, 11) is 0. The van der Waals surface area contributed by atoms with Crippen LogP contribution in [-0.4, -0.2) is 60.6 Å². The van der Waals surface area contributed by atoms with Crippen molar-refractivity contribution >= 4 is 0 Å². The van der Waals surface area contributed by atoms with Gasteiger partial charge in [-0.2, -0.15) is 0 Å².